The van der Waals surface area contributed by atoms with Crippen molar-refractivity contribution in [2.75, 3.05) is 6.61 Å². The Balaban J connectivity index is 3.22. The van der Waals surface area contributed by atoms with Gasteiger partial charge < -0.3 is 4.74 Å². The number of ether oxygens (including phenoxy) is 1. The van der Waals surface area contributed by atoms with Crippen molar-refractivity contribution in [3.63, 3.8) is 0 Å². The van der Waals surface area contributed by atoms with Crippen LogP contribution in [0.3, 0.4) is 0 Å². The van der Waals surface area contributed by atoms with Crippen LogP contribution in [0.2, 0.25) is 0 Å². The Morgan fingerprint density at radius 3 is 2.47 bits per heavy atom. The van der Waals surface area contributed by atoms with Crippen LogP contribution in [0.4, 0.5) is 0 Å². The van der Waals surface area contributed by atoms with Gasteiger partial charge in [-0.2, -0.15) is 0 Å². The maximum Gasteiger partial charge on any atom is 0.305 e. The molecule has 0 spiro atoms. The van der Waals surface area contributed by atoms with E-state index in [0.717, 1.165) is 31.3 Å². The highest BCUT2D eigenvalue weighted by Gasteiger charge is 2.01. The normalized spacial score (nSPS) is 10.0. The molecule has 88 valence electrons. The summed E-state index contributed by atoms with van der Waals surface area (Å²) < 4.78 is 5.10. The topological polar surface area (TPSA) is 26.3 Å². The van der Waals surface area contributed by atoms with Crippen LogP contribution in [0.25, 0.3) is 0 Å². The molecule has 0 saturated heterocycles. The monoisotopic (exact) mass is 212 g/mol. The number of allylic oxidation sites excluding steroid dienone is 1. The first-order chi connectivity index (χ1) is 7.16. The fourth-order valence-corrected chi connectivity index (χ4v) is 1.32. The first-order valence-corrected chi connectivity index (χ1v) is 5.96. The second-order valence-electron chi connectivity index (χ2n) is 4.09. The van der Waals surface area contributed by atoms with Crippen molar-refractivity contribution >= 4 is 5.97 Å². The lowest BCUT2D eigenvalue weighted by atomic mass is 10.1. The Hall–Kier alpha value is -0.790. The summed E-state index contributed by atoms with van der Waals surface area (Å²) in [5.41, 5.74) is 1.13. The lowest BCUT2D eigenvalue weighted by molar-refractivity contribution is -0.143. The summed E-state index contributed by atoms with van der Waals surface area (Å²) in [7, 11) is 0. The van der Waals surface area contributed by atoms with Crippen molar-refractivity contribution in [2.45, 2.75) is 58.8 Å². The molecule has 0 unspecified atom stereocenters. The van der Waals surface area contributed by atoms with Crippen LogP contribution in [-0.4, -0.2) is 12.6 Å². The van der Waals surface area contributed by atoms with Gasteiger partial charge in [-0.25, -0.2) is 0 Å². The molecule has 0 saturated carbocycles. The van der Waals surface area contributed by atoms with Gasteiger partial charge in [0.15, 0.2) is 0 Å². The zero-order valence-electron chi connectivity index (χ0n) is 10.2. The Labute approximate surface area is 93.7 Å². The van der Waals surface area contributed by atoms with Gasteiger partial charge in [-0.1, -0.05) is 31.8 Å². The van der Waals surface area contributed by atoms with Crippen molar-refractivity contribution in [1.82, 2.24) is 0 Å². The van der Waals surface area contributed by atoms with Gasteiger partial charge in [0.25, 0.3) is 0 Å². The van der Waals surface area contributed by atoms with Crippen LogP contribution in [0.5, 0.6) is 0 Å². The van der Waals surface area contributed by atoms with E-state index < -0.39 is 0 Å². The fourth-order valence-electron chi connectivity index (χ4n) is 1.32. The molecular weight excluding hydrogens is 188 g/mol. The van der Waals surface area contributed by atoms with E-state index in [1.807, 2.05) is 6.92 Å². The molecule has 0 aliphatic heterocycles. The smallest absolute Gasteiger partial charge is 0.305 e. The largest absolute Gasteiger partial charge is 0.466 e. The molecule has 2 heteroatoms. The molecular formula is C13H24O2. The average molecular weight is 212 g/mol. The minimum Gasteiger partial charge on any atom is -0.466 e. The molecule has 0 aromatic carbocycles. The standard InChI is InChI=1S/C13H24O2/c1-4-5-6-7-11-15-13(14)10-8-9-12(2)3/h2,4-11H2,1,3H3. The number of esters is 1. The summed E-state index contributed by atoms with van der Waals surface area (Å²) in [5, 5.41) is 0. The van der Waals surface area contributed by atoms with Crippen LogP contribution in [0, 0.1) is 0 Å². The molecule has 0 radical (unpaired) electrons. The molecule has 0 aliphatic carbocycles. The van der Waals surface area contributed by atoms with E-state index in [-0.39, 0.29) is 5.97 Å². The molecule has 0 amide bonds. The van der Waals surface area contributed by atoms with Crippen molar-refractivity contribution < 1.29 is 9.53 Å². The SMILES string of the molecule is C=C(C)CCCC(=O)OCCCCCC. The van der Waals surface area contributed by atoms with E-state index in [0.29, 0.717) is 13.0 Å². The van der Waals surface area contributed by atoms with Gasteiger partial charge in [-0.15, -0.1) is 6.58 Å². The Bertz CT molecular complexity index is 185. The van der Waals surface area contributed by atoms with Crippen LogP contribution in [-0.2, 0) is 9.53 Å². The molecule has 2 nitrogen and oxygen atoms in total. The van der Waals surface area contributed by atoms with E-state index in [2.05, 4.69) is 13.5 Å². The third-order valence-electron chi connectivity index (χ3n) is 2.25. The Morgan fingerprint density at radius 1 is 1.13 bits per heavy atom. The first kappa shape index (κ1) is 14.2. The third-order valence-corrected chi connectivity index (χ3v) is 2.25. The predicted molar refractivity (Wildman–Crippen MR) is 63.8 cm³/mol. The first-order valence-electron chi connectivity index (χ1n) is 5.96. The number of unbranched alkanes of at least 4 members (excludes halogenated alkanes) is 3. The van der Waals surface area contributed by atoms with E-state index in [4.69, 9.17) is 4.74 Å². The van der Waals surface area contributed by atoms with Crippen LogP contribution >= 0.6 is 0 Å². The summed E-state index contributed by atoms with van der Waals surface area (Å²) in [6.07, 6.45) is 6.92. The average Bonchev–Trinajstić information content (AvgIpc) is 2.17. The summed E-state index contributed by atoms with van der Waals surface area (Å²) in [6.45, 7) is 8.54. The van der Waals surface area contributed by atoms with Crippen molar-refractivity contribution in [1.29, 1.82) is 0 Å². The van der Waals surface area contributed by atoms with Gasteiger partial charge in [-0.05, 0) is 26.2 Å². The highest BCUT2D eigenvalue weighted by atomic mass is 16.5. The molecule has 0 atom stereocenters. The molecule has 15 heavy (non-hydrogen) atoms. The zero-order chi connectivity index (χ0) is 11.5. The summed E-state index contributed by atoms with van der Waals surface area (Å²) >= 11 is 0. The van der Waals surface area contributed by atoms with Crippen LogP contribution in [0.1, 0.15) is 58.8 Å². The molecule has 0 aromatic rings. The Kier molecular flexibility index (Phi) is 9.24. The number of carbonyl (C=O) groups is 1. The molecule has 0 rings (SSSR count). The van der Waals surface area contributed by atoms with E-state index >= 15 is 0 Å². The molecule has 0 N–H and O–H groups in total. The third kappa shape index (κ3) is 11.1. The second kappa shape index (κ2) is 9.75. The predicted octanol–water partition coefficient (Wildman–Crippen LogP) is 3.86. The van der Waals surface area contributed by atoms with E-state index in [1.54, 1.807) is 0 Å². The summed E-state index contributed by atoms with van der Waals surface area (Å²) in [5.74, 6) is -0.0623. The maximum absolute atomic E-state index is 11.2. The summed E-state index contributed by atoms with van der Waals surface area (Å²) in [4.78, 5) is 11.2. The molecule has 0 fully saturated rings. The second-order valence-corrected chi connectivity index (χ2v) is 4.09. The fraction of sp³-hybridized carbons (Fsp3) is 0.769. The van der Waals surface area contributed by atoms with Crippen molar-refractivity contribution in [3.05, 3.63) is 12.2 Å². The minimum atomic E-state index is -0.0623. The quantitative estimate of drug-likeness (QED) is 0.329. The lowest BCUT2D eigenvalue weighted by Gasteiger charge is -2.04. The number of hydrogen-bond acceptors (Lipinski definition) is 2. The zero-order valence-corrected chi connectivity index (χ0v) is 10.2. The van der Waals surface area contributed by atoms with Gasteiger partial charge >= 0.3 is 5.97 Å². The highest BCUT2D eigenvalue weighted by Crippen LogP contribution is 2.05. The van der Waals surface area contributed by atoms with Crippen LogP contribution in [0.15, 0.2) is 12.2 Å². The number of hydrogen-bond donors (Lipinski definition) is 0. The van der Waals surface area contributed by atoms with Crippen molar-refractivity contribution in [3.8, 4) is 0 Å². The minimum absolute atomic E-state index is 0.0623. The van der Waals surface area contributed by atoms with Crippen molar-refractivity contribution in [2.24, 2.45) is 0 Å². The summed E-state index contributed by atoms with van der Waals surface area (Å²) in [6, 6.07) is 0. The molecule has 0 heterocycles. The van der Waals surface area contributed by atoms with Gasteiger partial charge in [-0.3, -0.25) is 4.79 Å². The van der Waals surface area contributed by atoms with E-state index in [9.17, 15) is 4.79 Å². The maximum atomic E-state index is 11.2. The van der Waals surface area contributed by atoms with Gasteiger partial charge in [0.1, 0.15) is 0 Å². The highest BCUT2D eigenvalue weighted by molar-refractivity contribution is 5.69. The van der Waals surface area contributed by atoms with Gasteiger partial charge in [0.05, 0.1) is 6.61 Å². The van der Waals surface area contributed by atoms with Gasteiger partial charge in [0, 0.05) is 6.42 Å². The lowest BCUT2D eigenvalue weighted by Crippen LogP contribution is -2.05. The van der Waals surface area contributed by atoms with Crippen LogP contribution < -0.4 is 0 Å². The number of carbonyl (C=O) groups excluding carboxylic acids is 1. The number of rotatable bonds is 9. The van der Waals surface area contributed by atoms with E-state index in [1.165, 1.54) is 12.8 Å². The molecule has 0 aromatic heterocycles. The Morgan fingerprint density at radius 2 is 1.87 bits per heavy atom. The molecule has 0 bridgehead atoms. The van der Waals surface area contributed by atoms with Gasteiger partial charge in [0.2, 0.25) is 0 Å². The molecule has 0 aliphatic rings.